The van der Waals surface area contributed by atoms with Gasteiger partial charge in [0.15, 0.2) is 12.2 Å². The van der Waals surface area contributed by atoms with Crippen molar-refractivity contribution in [3.05, 3.63) is 0 Å². The monoisotopic (exact) mass is 1370 g/mol. The topological polar surface area (TPSA) is 237 Å². The standard InChI is InChI=1S/C74H144O17P2/c1-8-11-12-13-14-15-16-17-18-19-22-29-34-43-50-57-73(78)90-69(61-84-71(76)55-48-41-33-28-23-20-21-26-31-38-45-52-65(4)5)63-88-92(80,81)86-59-68(75)60-87-93(82,83)89-64-70(62-85-72(77)56-49-42-37-36-40-47-54-67(7)10-3)91-74(79)58-51-44-35-30-25-24-27-32-39-46-53-66(6)9-2/h65-70,75H,8-64H2,1-7H3,(H,80,81)(H,82,83)/t66?,67?,68-,69-,70-/m1/s1. The quantitative estimate of drug-likeness (QED) is 0.0222. The number of ether oxygens (including phenoxy) is 4. The van der Waals surface area contributed by atoms with Crippen LogP contribution < -0.4 is 0 Å². The molecule has 0 saturated carbocycles. The van der Waals surface area contributed by atoms with Gasteiger partial charge in [0.25, 0.3) is 0 Å². The molecule has 0 aliphatic rings. The van der Waals surface area contributed by atoms with Crippen molar-refractivity contribution in [2.75, 3.05) is 39.6 Å². The number of unbranched alkanes of at least 4 members (excludes halogenated alkanes) is 38. The second-order valence-corrected chi connectivity index (χ2v) is 30.6. The molecule has 0 fully saturated rings. The zero-order valence-electron chi connectivity index (χ0n) is 60.7. The third kappa shape index (κ3) is 65.8. The van der Waals surface area contributed by atoms with E-state index in [2.05, 4.69) is 48.5 Å². The number of carbonyl (C=O) groups is 4. The van der Waals surface area contributed by atoms with Crippen molar-refractivity contribution in [2.45, 2.75) is 394 Å². The lowest BCUT2D eigenvalue weighted by Crippen LogP contribution is -2.30. The van der Waals surface area contributed by atoms with Gasteiger partial charge in [-0.15, -0.1) is 0 Å². The summed E-state index contributed by atoms with van der Waals surface area (Å²) in [6.07, 6.45) is 49.8. The van der Waals surface area contributed by atoms with Crippen LogP contribution in [0.5, 0.6) is 0 Å². The van der Waals surface area contributed by atoms with Crippen molar-refractivity contribution in [1.82, 2.24) is 0 Å². The Morgan fingerprint density at radius 3 is 0.817 bits per heavy atom. The van der Waals surface area contributed by atoms with Gasteiger partial charge in [-0.25, -0.2) is 9.13 Å². The maximum absolute atomic E-state index is 13.1. The summed E-state index contributed by atoms with van der Waals surface area (Å²) in [5.41, 5.74) is 0. The molecule has 0 radical (unpaired) electrons. The normalized spacial score (nSPS) is 14.7. The third-order valence-electron chi connectivity index (χ3n) is 17.9. The van der Waals surface area contributed by atoms with Gasteiger partial charge in [0, 0.05) is 25.7 Å². The first-order valence-electron chi connectivity index (χ1n) is 38.4. The first kappa shape index (κ1) is 91.1. The van der Waals surface area contributed by atoms with E-state index in [1.807, 2.05) is 0 Å². The summed E-state index contributed by atoms with van der Waals surface area (Å²) in [7, 11) is -9.91. The molecule has 0 spiro atoms. The Bertz CT molecular complexity index is 1820. The number of rotatable bonds is 72. The maximum atomic E-state index is 13.1. The fraction of sp³-hybridized carbons (Fsp3) is 0.946. The molecule has 0 bridgehead atoms. The number of hydrogen-bond donors (Lipinski definition) is 3. The lowest BCUT2D eigenvalue weighted by Gasteiger charge is -2.21. The van der Waals surface area contributed by atoms with Crippen molar-refractivity contribution >= 4 is 39.5 Å². The number of carbonyl (C=O) groups excluding carboxylic acids is 4. The Morgan fingerprint density at radius 2 is 0.548 bits per heavy atom. The molecule has 0 rings (SSSR count). The average Bonchev–Trinajstić information content (AvgIpc) is 2.94. The number of phosphoric acid groups is 2. The highest BCUT2D eigenvalue weighted by molar-refractivity contribution is 7.47. The minimum absolute atomic E-state index is 0.105. The molecule has 93 heavy (non-hydrogen) atoms. The van der Waals surface area contributed by atoms with Gasteiger partial charge in [0.05, 0.1) is 26.4 Å². The van der Waals surface area contributed by atoms with E-state index in [1.54, 1.807) is 0 Å². The molecule has 0 aromatic carbocycles. The molecular weight excluding hydrogens is 1220 g/mol. The minimum Gasteiger partial charge on any atom is -0.462 e. The molecular formula is C74H144O17P2. The number of phosphoric ester groups is 2. The van der Waals surface area contributed by atoms with Crippen LogP contribution in [-0.4, -0.2) is 96.7 Å². The SMILES string of the molecule is CCCCCCCCCCCCCCCCCC(=O)O[C@H](COC(=O)CCCCCCCCCCCCCC(C)C)COP(=O)(O)OC[C@@H](O)COP(=O)(O)OC[C@@H](COC(=O)CCCCCCCCC(C)CC)OC(=O)CCCCCCCCCCCCC(C)CC. The van der Waals surface area contributed by atoms with E-state index in [4.69, 9.17) is 37.0 Å². The van der Waals surface area contributed by atoms with Crippen LogP contribution in [0, 0.1) is 17.8 Å². The van der Waals surface area contributed by atoms with E-state index in [-0.39, 0.29) is 25.7 Å². The molecule has 4 unspecified atom stereocenters. The van der Waals surface area contributed by atoms with Gasteiger partial charge in [-0.1, -0.05) is 325 Å². The average molecular weight is 1370 g/mol. The van der Waals surface area contributed by atoms with Gasteiger partial charge in [-0.05, 0) is 43.4 Å². The fourth-order valence-electron chi connectivity index (χ4n) is 11.2. The smallest absolute Gasteiger partial charge is 0.462 e. The van der Waals surface area contributed by atoms with E-state index in [9.17, 15) is 43.2 Å². The van der Waals surface area contributed by atoms with Crippen LogP contribution in [0.2, 0.25) is 0 Å². The van der Waals surface area contributed by atoms with E-state index >= 15 is 0 Å². The van der Waals surface area contributed by atoms with Crippen LogP contribution in [-0.2, 0) is 65.4 Å². The number of esters is 4. The maximum Gasteiger partial charge on any atom is 0.472 e. The van der Waals surface area contributed by atoms with Crippen LogP contribution in [0.3, 0.4) is 0 Å². The van der Waals surface area contributed by atoms with Gasteiger partial charge in [-0.2, -0.15) is 0 Å². The zero-order valence-corrected chi connectivity index (χ0v) is 62.5. The number of aliphatic hydroxyl groups excluding tert-OH is 1. The highest BCUT2D eigenvalue weighted by Crippen LogP contribution is 2.45. The summed E-state index contributed by atoms with van der Waals surface area (Å²) < 4.78 is 68.5. The largest absolute Gasteiger partial charge is 0.472 e. The first-order chi connectivity index (χ1) is 44.8. The lowest BCUT2D eigenvalue weighted by molar-refractivity contribution is -0.161. The van der Waals surface area contributed by atoms with Gasteiger partial charge in [0.2, 0.25) is 0 Å². The predicted molar refractivity (Wildman–Crippen MR) is 377 cm³/mol. The molecule has 0 aromatic heterocycles. The van der Waals surface area contributed by atoms with Crippen molar-refractivity contribution in [3.8, 4) is 0 Å². The molecule has 0 heterocycles. The Balaban J connectivity index is 5.27. The van der Waals surface area contributed by atoms with Gasteiger partial charge < -0.3 is 33.8 Å². The van der Waals surface area contributed by atoms with Crippen LogP contribution in [0.15, 0.2) is 0 Å². The van der Waals surface area contributed by atoms with E-state index < -0.39 is 97.5 Å². The Hall–Kier alpha value is -1.94. The second-order valence-electron chi connectivity index (χ2n) is 27.6. The number of aliphatic hydroxyl groups is 1. The summed E-state index contributed by atoms with van der Waals surface area (Å²) in [5.74, 6) is 0.185. The van der Waals surface area contributed by atoms with E-state index in [1.165, 1.54) is 180 Å². The van der Waals surface area contributed by atoms with Crippen molar-refractivity contribution in [3.63, 3.8) is 0 Å². The van der Waals surface area contributed by atoms with Crippen LogP contribution in [0.25, 0.3) is 0 Å². The third-order valence-corrected chi connectivity index (χ3v) is 19.8. The van der Waals surface area contributed by atoms with Gasteiger partial charge in [0.1, 0.15) is 19.3 Å². The summed E-state index contributed by atoms with van der Waals surface area (Å²) in [6.45, 7) is 11.9. The molecule has 7 atom stereocenters. The van der Waals surface area contributed by atoms with Crippen molar-refractivity contribution in [1.29, 1.82) is 0 Å². The summed E-state index contributed by atoms with van der Waals surface area (Å²) >= 11 is 0. The van der Waals surface area contributed by atoms with E-state index in [0.29, 0.717) is 25.7 Å². The molecule has 0 aliphatic heterocycles. The molecule has 17 nitrogen and oxygen atoms in total. The minimum atomic E-state index is -4.96. The lowest BCUT2D eigenvalue weighted by atomic mass is 9.99. The molecule has 19 heteroatoms. The Morgan fingerprint density at radius 1 is 0.312 bits per heavy atom. The predicted octanol–water partition coefficient (Wildman–Crippen LogP) is 21.4. The highest BCUT2D eigenvalue weighted by atomic mass is 31.2. The Labute approximate surface area is 568 Å². The highest BCUT2D eigenvalue weighted by Gasteiger charge is 2.30. The molecule has 552 valence electrons. The van der Waals surface area contributed by atoms with Gasteiger partial charge in [-0.3, -0.25) is 37.3 Å². The van der Waals surface area contributed by atoms with Crippen LogP contribution in [0.4, 0.5) is 0 Å². The van der Waals surface area contributed by atoms with Gasteiger partial charge >= 0.3 is 39.5 Å². The summed E-state index contributed by atoms with van der Waals surface area (Å²) in [5, 5.41) is 10.6. The zero-order chi connectivity index (χ0) is 68.7. The molecule has 3 N–H and O–H groups in total. The first-order valence-corrected chi connectivity index (χ1v) is 41.4. The van der Waals surface area contributed by atoms with Crippen LogP contribution in [0.1, 0.15) is 376 Å². The molecule has 0 aromatic rings. The summed E-state index contributed by atoms with van der Waals surface area (Å²) in [4.78, 5) is 72.7. The van der Waals surface area contributed by atoms with E-state index in [0.717, 1.165) is 114 Å². The molecule has 0 saturated heterocycles. The second kappa shape index (κ2) is 64.7. The Kier molecular flexibility index (Phi) is 63.4. The van der Waals surface area contributed by atoms with Crippen molar-refractivity contribution in [2.24, 2.45) is 17.8 Å². The van der Waals surface area contributed by atoms with Crippen LogP contribution >= 0.6 is 15.6 Å². The number of hydrogen-bond acceptors (Lipinski definition) is 15. The molecule has 0 amide bonds. The fourth-order valence-corrected chi connectivity index (χ4v) is 12.8. The molecule has 0 aliphatic carbocycles. The summed E-state index contributed by atoms with van der Waals surface area (Å²) in [6, 6.07) is 0. The van der Waals surface area contributed by atoms with Crippen molar-refractivity contribution < 1.29 is 80.2 Å².